The van der Waals surface area contributed by atoms with Gasteiger partial charge in [-0.05, 0) is 36.8 Å². The summed E-state index contributed by atoms with van der Waals surface area (Å²) in [5, 5.41) is 10.0. The van der Waals surface area contributed by atoms with E-state index < -0.39 is 5.82 Å². The topological polar surface area (TPSA) is 38.0 Å². The Bertz CT molecular complexity index is 813. The van der Waals surface area contributed by atoms with Crippen molar-refractivity contribution in [2.45, 2.75) is 19.9 Å². The quantitative estimate of drug-likeness (QED) is 0.743. The van der Waals surface area contributed by atoms with Crippen molar-refractivity contribution in [2.75, 3.05) is 0 Å². The molecule has 0 bridgehead atoms. The smallest absolute Gasteiger partial charge is 0.144 e. The number of halogens is 2. The lowest BCUT2D eigenvalue weighted by molar-refractivity contribution is 0.470. The third kappa shape index (κ3) is 2.53. The minimum absolute atomic E-state index is 0.0956. The van der Waals surface area contributed by atoms with Crippen molar-refractivity contribution in [1.29, 1.82) is 0 Å². The van der Waals surface area contributed by atoms with E-state index in [9.17, 15) is 9.50 Å². The van der Waals surface area contributed by atoms with E-state index in [2.05, 4.69) is 32.4 Å². The average Bonchev–Trinajstić information content (AvgIpc) is 2.77. The van der Waals surface area contributed by atoms with Crippen LogP contribution in [-0.2, 0) is 6.54 Å². The first-order valence-corrected chi connectivity index (χ1v) is 7.54. The molecule has 0 aliphatic carbocycles. The molecule has 0 atom stereocenters. The number of fused-ring (bicyclic) bond motifs is 1. The predicted molar refractivity (Wildman–Crippen MR) is 84.8 cm³/mol. The van der Waals surface area contributed by atoms with Gasteiger partial charge in [0.1, 0.15) is 17.4 Å². The molecular weight excluding hydrogens is 335 g/mol. The summed E-state index contributed by atoms with van der Waals surface area (Å²) in [4.78, 5) is 4.60. The highest BCUT2D eigenvalue weighted by molar-refractivity contribution is 9.10. The number of hydrogen-bond acceptors (Lipinski definition) is 2. The number of hydrogen-bond donors (Lipinski definition) is 1. The first-order valence-electron chi connectivity index (χ1n) is 6.75. The molecule has 0 saturated heterocycles. The molecular formula is C16H14BrFN2O. The molecule has 0 saturated carbocycles. The molecule has 0 unspecified atom stereocenters. The van der Waals surface area contributed by atoms with E-state index in [0.717, 1.165) is 34.5 Å². The van der Waals surface area contributed by atoms with Gasteiger partial charge in [0.05, 0.1) is 16.6 Å². The maximum Gasteiger partial charge on any atom is 0.144 e. The standard InChI is InChI=1S/C16H14BrFN2O/c1-2-7-20-14-6-3-10(17)8-13(14)19-16(20)12-5-4-11(18)9-15(12)21/h3-6,8-9,21H,2,7H2,1H3. The first kappa shape index (κ1) is 14.1. The van der Waals surface area contributed by atoms with Crippen LogP contribution in [0.2, 0.25) is 0 Å². The van der Waals surface area contributed by atoms with Gasteiger partial charge in [0.2, 0.25) is 0 Å². The van der Waals surface area contributed by atoms with Crippen LogP contribution in [0.25, 0.3) is 22.4 Å². The highest BCUT2D eigenvalue weighted by Gasteiger charge is 2.15. The van der Waals surface area contributed by atoms with E-state index in [1.165, 1.54) is 6.07 Å². The normalized spacial score (nSPS) is 11.2. The summed E-state index contributed by atoms with van der Waals surface area (Å²) in [5.74, 6) is 0.0984. The molecule has 1 heterocycles. The van der Waals surface area contributed by atoms with Crippen LogP contribution in [-0.4, -0.2) is 14.7 Å². The molecule has 21 heavy (non-hydrogen) atoms. The molecule has 0 fully saturated rings. The van der Waals surface area contributed by atoms with Crippen LogP contribution < -0.4 is 0 Å². The Morgan fingerprint density at radius 1 is 1.24 bits per heavy atom. The van der Waals surface area contributed by atoms with Crippen molar-refractivity contribution >= 4 is 27.0 Å². The van der Waals surface area contributed by atoms with Crippen LogP contribution in [0.15, 0.2) is 40.9 Å². The molecule has 1 aromatic heterocycles. The molecule has 3 aromatic rings. The van der Waals surface area contributed by atoms with Crippen LogP contribution in [0.3, 0.4) is 0 Å². The third-order valence-corrected chi connectivity index (χ3v) is 3.85. The molecule has 0 aliphatic rings. The Kier molecular flexibility index (Phi) is 3.68. The van der Waals surface area contributed by atoms with E-state index in [-0.39, 0.29) is 5.75 Å². The molecule has 108 valence electrons. The maximum atomic E-state index is 13.2. The van der Waals surface area contributed by atoms with Crippen LogP contribution >= 0.6 is 15.9 Å². The van der Waals surface area contributed by atoms with Crippen molar-refractivity contribution < 1.29 is 9.50 Å². The van der Waals surface area contributed by atoms with Gasteiger partial charge in [-0.2, -0.15) is 0 Å². The minimum Gasteiger partial charge on any atom is -0.507 e. The summed E-state index contributed by atoms with van der Waals surface area (Å²) in [6.07, 6.45) is 0.941. The Labute approximate surface area is 130 Å². The van der Waals surface area contributed by atoms with Gasteiger partial charge in [0, 0.05) is 17.1 Å². The van der Waals surface area contributed by atoms with Gasteiger partial charge < -0.3 is 9.67 Å². The van der Waals surface area contributed by atoms with E-state index in [0.29, 0.717) is 11.4 Å². The van der Waals surface area contributed by atoms with E-state index in [4.69, 9.17) is 0 Å². The van der Waals surface area contributed by atoms with Crippen LogP contribution in [0.1, 0.15) is 13.3 Å². The van der Waals surface area contributed by atoms with Gasteiger partial charge in [-0.15, -0.1) is 0 Å². The van der Waals surface area contributed by atoms with E-state index >= 15 is 0 Å². The summed E-state index contributed by atoms with van der Waals surface area (Å²) in [6, 6.07) is 9.90. The van der Waals surface area contributed by atoms with E-state index in [1.807, 2.05) is 18.2 Å². The van der Waals surface area contributed by atoms with Crippen molar-refractivity contribution in [3.8, 4) is 17.1 Å². The maximum absolute atomic E-state index is 13.2. The zero-order valence-electron chi connectivity index (χ0n) is 11.5. The fraction of sp³-hybridized carbons (Fsp3) is 0.188. The van der Waals surface area contributed by atoms with Gasteiger partial charge in [-0.1, -0.05) is 22.9 Å². The molecule has 2 aromatic carbocycles. The lowest BCUT2D eigenvalue weighted by Crippen LogP contribution is -2.00. The van der Waals surface area contributed by atoms with Gasteiger partial charge in [-0.25, -0.2) is 9.37 Å². The highest BCUT2D eigenvalue weighted by Crippen LogP contribution is 2.32. The summed E-state index contributed by atoms with van der Waals surface area (Å²) >= 11 is 3.44. The van der Waals surface area contributed by atoms with Crippen LogP contribution in [0.4, 0.5) is 4.39 Å². The fourth-order valence-corrected chi connectivity index (χ4v) is 2.80. The van der Waals surface area contributed by atoms with Gasteiger partial charge in [0.25, 0.3) is 0 Å². The van der Waals surface area contributed by atoms with Crippen molar-refractivity contribution in [3.63, 3.8) is 0 Å². The number of phenols is 1. The second-order valence-corrected chi connectivity index (χ2v) is 5.80. The number of rotatable bonds is 3. The van der Waals surface area contributed by atoms with Crippen LogP contribution in [0.5, 0.6) is 5.75 Å². The number of imidazole rings is 1. The second-order valence-electron chi connectivity index (χ2n) is 4.88. The Hall–Kier alpha value is -1.88. The third-order valence-electron chi connectivity index (χ3n) is 3.36. The summed E-state index contributed by atoms with van der Waals surface area (Å²) < 4.78 is 16.2. The second kappa shape index (κ2) is 5.48. The SMILES string of the molecule is CCCn1c(-c2ccc(F)cc2O)nc2cc(Br)ccc21. The summed E-state index contributed by atoms with van der Waals surface area (Å²) in [5.41, 5.74) is 2.38. The van der Waals surface area contributed by atoms with Crippen LogP contribution in [0, 0.1) is 5.82 Å². The van der Waals surface area contributed by atoms with Crippen molar-refractivity contribution in [1.82, 2.24) is 9.55 Å². The number of aromatic hydroxyl groups is 1. The average molecular weight is 349 g/mol. The van der Waals surface area contributed by atoms with Gasteiger partial charge in [0.15, 0.2) is 0 Å². The van der Waals surface area contributed by atoms with Gasteiger partial charge >= 0.3 is 0 Å². The van der Waals surface area contributed by atoms with Gasteiger partial charge in [-0.3, -0.25) is 0 Å². The molecule has 3 nitrogen and oxygen atoms in total. The lowest BCUT2D eigenvalue weighted by atomic mass is 10.2. The predicted octanol–water partition coefficient (Wildman–Crippen LogP) is 4.72. The molecule has 0 amide bonds. The first-order chi connectivity index (χ1) is 10.1. The van der Waals surface area contributed by atoms with E-state index in [1.54, 1.807) is 6.07 Å². The Morgan fingerprint density at radius 3 is 2.76 bits per heavy atom. The monoisotopic (exact) mass is 348 g/mol. The lowest BCUT2D eigenvalue weighted by Gasteiger charge is -2.09. The summed E-state index contributed by atoms with van der Waals surface area (Å²) in [7, 11) is 0. The summed E-state index contributed by atoms with van der Waals surface area (Å²) in [6.45, 7) is 2.86. The Balaban J connectivity index is 2.27. The number of phenolic OH excluding ortho intramolecular Hbond substituents is 1. The molecule has 1 N–H and O–H groups in total. The fourth-order valence-electron chi connectivity index (χ4n) is 2.45. The highest BCUT2D eigenvalue weighted by atomic mass is 79.9. The minimum atomic E-state index is -0.461. The number of aryl methyl sites for hydroxylation is 1. The van der Waals surface area contributed by atoms with Crippen molar-refractivity contribution in [3.05, 3.63) is 46.7 Å². The molecule has 0 radical (unpaired) electrons. The number of nitrogens with zero attached hydrogens (tertiary/aromatic N) is 2. The molecule has 3 rings (SSSR count). The molecule has 0 aliphatic heterocycles. The number of benzene rings is 2. The molecule has 0 spiro atoms. The number of aromatic nitrogens is 2. The zero-order chi connectivity index (χ0) is 15.0. The molecule has 5 heteroatoms. The zero-order valence-corrected chi connectivity index (χ0v) is 13.1. The van der Waals surface area contributed by atoms with Crippen molar-refractivity contribution in [2.24, 2.45) is 0 Å². The Morgan fingerprint density at radius 2 is 2.05 bits per heavy atom. The largest absolute Gasteiger partial charge is 0.507 e.